The number of aliphatic hydroxyl groups is 1. The molecule has 1 rings (SSSR count). The minimum absolute atomic E-state index is 0.254. The molecule has 1 aromatic rings. The van der Waals surface area contributed by atoms with Crippen LogP contribution in [0.1, 0.15) is 58.3 Å². The van der Waals surface area contributed by atoms with E-state index in [1.807, 2.05) is 0 Å². The molecular weight excluding hydrogens is 270 g/mol. The van der Waals surface area contributed by atoms with Crippen LogP contribution in [0.15, 0.2) is 17.1 Å². The van der Waals surface area contributed by atoms with Crippen molar-refractivity contribution in [3.05, 3.63) is 22.7 Å². The number of aromatic nitrogens is 2. The Kier molecular flexibility index (Phi) is 9.28. The van der Waals surface area contributed by atoms with E-state index in [-0.39, 0.29) is 6.73 Å². The Labute approximate surface area is 126 Å². The van der Waals surface area contributed by atoms with Gasteiger partial charge in [-0.05, 0) is 12.8 Å². The molecule has 0 saturated heterocycles. The quantitative estimate of drug-likeness (QED) is 0.457. The molecular formula is C15H27N3O3. The molecule has 0 unspecified atom stereocenters. The number of hydrogen-bond acceptors (Lipinski definition) is 5. The lowest BCUT2D eigenvalue weighted by atomic mass is 10.1. The summed E-state index contributed by atoms with van der Waals surface area (Å²) < 4.78 is 1.13. The van der Waals surface area contributed by atoms with Crippen molar-refractivity contribution < 1.29 is 9.94 Å². The molecule has 0 aliphatic rings. The van der Waals surface area contributed by atoms with Gasteiger partial charge < -0.3 is 15.3 Å². The maximum absolute atomic E-state index is 11.6. The molecule has 6 nitrogen and oxygen atoms in total. The van der Waals surface area contributed by atoms with Crippen molar-refractivity contribution in [1.82, 2.24) is 9.71 Å². The van der Waals surface area contributed by atoms with E-state index in [2.05, 4.69) is 17.2 Å². The van der Waals surface area contributed by atoms with Crippen molar-refractivity contribution in [3.63, 3.8) is 0 Å². The van der Waals surface area contributed by atoms with Crippen LogP contribution in [0.5, 0.6) is 0 Å². The summed E-state index contributed by atoms with van der Waals surface area (Å²) in [7, 11) is 0. The monoisotopic (exact) mass is 297 g/mol. The van der Waals surface area contributed by atoms with Crippen LogP contribution in [0.25, 0.3) is 0 Å². The second kappa shape index (κ2) is 11.1. The summed E-state index contributed by atoms with van der Waals surface area (Å²) in [6.07, 6.45) is 11.3. The predicted octanol–water partition coefficient (Wildman–Crippen LogP) is 2.17. The Hall–Kier alpha value is -1.56. The SMILES string of the molecule is CCCCCCCCCCOn1ccc(NCO)nc1=O. The molecule has 0 aliphatic carbocycles. The molecule has 0 saturated carbocycles. The Morgan fingerprint density at radius 3 is 2.48 bits per heavy atom. The highest BCUT2D eigenvalue weighted by atomic mass is 16.7. The maximum Gasteiger partial charge on any atom is 0.382 e. The summed E-state index contributed by atoms with van der Waals surface area (Å²) >= 11 is 0. The highest BCUT2D eigenvalue weighted by Crippen LogP contribution is 2.08. The summed E-state index contributed by atoms with van der Waals surface area (Å²) in [5.41, 5.74) is -0.479. The Bertz CT molecular complexity index is 434. The zero-order chi connectivity index (χ0) is 15.3. The van der Waals surface area contributed by atoms with Gasteiger partial charge in [0.05, 0.1) is 6.20 Å². The van der Waals surface area contributed by atoms with E-state index in [0.29, 0.717) is 12.4 Å². The molecule has 120 valence electrons. The van der Waals surface area contributed by atoms with Crippen LogP contribution >= 0.6 is 0 Å². The standard InChI is InChI=1S/C15H27N3O3/c1-2-3-4-5-6-7-8-9-12-21-18-11-10-14(16-13-19)17-15(18)20/h10-11,19H,2-9,12-13H2,1H3,(H,16,17,20). The second-order valence-corrected chi connectivity index (χ2v) is 5.06. The smallest absolute Gasteiger partial charge is 0.382 e. The van der Waals surface area contributed by atoms with Crippen molar-refractivity contribution in [2.45, 2.75) is 58.3 Å². The first kappa shape index (κ1) is 17.5. The van der Waals surface area contributed by atoms with Crippen LogP contribution in [0, 0.1) is 0 Å². The van der Waals surface area contributed by atoms with Crippen molar-refractivity contribution in [3.8, 4) is 0 Å². The van der Waals surface area contributed by atoms with Crippen molar-refractivity contribution in [2.24, 2.45) is 0 Å². The first-order chi connectivity index (χ1) is 10.3. The fourth-order valence-electron chi connectivity index (χ4n) is 2.07. The van der Waals surface area contributed by atoms with Gasteiger partial charge in [0.15, 0.2) is 0 Å². The van der Waals surface area contributed by atoms with Crippen LogP contribution < -0.4 is 15.8 Å². The van der Waals surface area contributed by atoms with Gasteiger partial charge in [-0.3, -0.25) is 0 Å². The van der Waals surface area contributed by atoms with Crippen LogP contribution in [-0.4, -0.2) is 28.2 Å². The average Bonchev–Trinajstić information content (AvgIpc) is 2.48. The van der Waals surface area contributed by atoms with Crippen LogP contribution in [0.2, 0.25) is 0 Å². The summed E-state index contributed by atoms with van der Waals surface area (Å²) in [5, 5.41) is 11.2. The van der Waals surface area contributed by atoms with Gasteiger partial charge in [-0.15, -0.1) is 4.73 Å². The van der Waals surface area contributed by atoms with Gasteiger partial charge in [0, 0.05) is 6.07 Å². The molecule has 1 heterocycles. The molecule has 0 fully saturated rings. The van der Waals surface area contributed by atoms with E-state index < -0.39 is 5.69 Å². The number of nitrogens with one attached hydrogen (secondary N) is 1. The number of hydrogen-bond donors (Lipinski definition) is 2. The molecule has 21 heavy (non-hydrogen) atoms. The minimum atomic E-state index is -0.479. The predicted molar refractivity (Wildman–Crippen MR) is 83.3 cm³/mol. The number of anilines is 1. The summed E-state index contributed by atoms with van der Waals surface area (Å²) in [6.45, 7) is 2.49. The zero-order valence-corrected chi connectivity index (χ0v) is 12.9. The number of nitrogens with zero attached hydrogens (tertiary/aromatic N) is 2. The van der Waals surface area contributed by atoms with Crippen LogP contribution in [0.4, 0.5) is 5.82 Å². The third-order valence-corrected chi connectivity index (χ3v) is 3.26. The topological polar surface area (TPSA) is 76.4 Å². The summed E-state index contributed by atoms with van der Waals surface area (Å²) in [5.74, 6) is 0.342. The Morgan fingerprint density at radius 1 is 1.19 bits per heavy atom. The molecule has 0 atom stereocenters. The van der Waals surface area contributed by atoms with Crippen molar-refractivity contribution in [2.75, 3.05) is 18.7 Å². The van der Waals surface area contributed by atoms with E-state index in [1.165, 1.54) is 44.7 Å². The maximum atomic E-state index is 11.6. The van der Waals surface area contributed by atoms with E-state index in [0.717, 1.165) is 17.6 Å². The first-order valence-electron chi connectivity index (χ1n) is 7.85. The molecule has 0 spiro atoms. The van der Waals surface area contributed by atoms with Gasteiger partial charge in [0.2, 0.25) is 0 Å². The molecule has 0 aromatic carbocycles. The van der Waals surface area contributed by atoms with Crippen LogP contribution in [0.3, 0.4) is 0 Å². The van der Waals surface area contributed by atoms with E-state index >= 15 is 0 Å². The van der Waals surface area contributed by atoms with Gasteiger partial charge >= 0.3 is 5.69 Å². The zero-order valence-electron chi connectivity index (χ0n) is 12.9. The number of aliphatic hydroxyl groups excluding tert-OH is 1. The molecule has 0 aliphatic heterocycles. The van der Waals surface area contributed by atoms with E-state index in [9.17, 15) is 4.79 Å². The van der Waals surface area contributed by atoms with Crippen molar-refractivity contribution in [1.29, 1.82) is 0 Å². The van der Waals surface area contributed by atoms with Gasteiger partial charge in [-0.1, -0.05) is 45.4 Å². The largest absolute Gasteiger partial charge is 0.410 e. The molecule has 2 N–H and O–H groups in total. The lowest BCUT2D eigenvalue weighted by molar-refractivity contribution is 0.0951. The van der Waals surface area contributed by atoms with Crippen LogP contribution in [-0.2, 0) is 0 Å². The number of unbranched alkanes of at least 4 members (excludes halogenated alkanes) is 7. The summed E-state index contributed by atoms with van der Waals surface area (Å²) in [4.78, 5) is 20.7. The van der Waals surface area contributed by atoms with Crippen molar-refractivity contribution >= 4 is 5.82 Å². The molecule has 0 amide bonds. The van der Waals surface area contributed by atoms with Gasteiger partial charge in [0.1, 0.15) is 19.2 Å². The van der Waals surface area contributed by atoms with E-state index in [4.69, 9.17) is 9.94 Å². The highest BCUT2D eigenvalue weighted by Gasteiger charge is 2.00. The normalized spacial score (nSPS) is 10.6. The second-order valence-electron chi connectivity index (χ2n) is 5.06. The van der Waals surface area contributed by atoms with E-state index in [1.54, 1.807) is 6.07 Å². The number of rotatable bonds is 12. The Balaban J connectivity index is 2.11. The molecule has 6 heteroatoms. The van der Waals surface area contributed by atoms with Gasteiger partial charge in [0.25, 0.3) is 0 Å². The molecule has 0 radical (unpaired) electrons. The Morgan fingerprint density at radius 2 is 1.86 bits per heavy atom. The third kappa shape index (κ3) is 7.70. The molecule has 1 aromatic heterocycles. The van der Waals surface area contributed by atoms with Gasteiger partial charge in [-0.25, -0.2) is 4.79 Å². The summed E-state index contributed by atoms with van der Waals surface area (Å²) in [6, 6.07) is 1.59. The van der Waals surface area contributed by atoms with Gasteiger partial charge in [-0.2, -0.15) is 4.98 Å². The third-order valence-electron chi connectivity index (χ3n) is 3.26. The lowest BCUT2D eigenvalue weighted by Gasteiger charge is -2.08. The fraction of sp³-hybridized carbons (Fsp3) is 0.733. The first-order valence-corrected chi connectivity index (χ1v) is 7.85. The molecule has 0 bridgehead atoms. The lowest BCUT2D eigenvalue weighted by Crippen LogP contribution is -2.29. The highest BCUT2D eigenvalue weighted by molar-refractivity contribution is 5.30. The minimum Gasteiger partial charge on any atom is -0.410 e. The fourth-order valence-corrected chi connectivity index (χ4v) is 2.07. The average molecular weight is 297 g/mol.